The number of benzene rings is 2. The van der Waals surface area contributed by atoms with Crippen molar-refractivity contribution in [3.05, 3.63) is 65.9 Å². The molecule has 7 heteroatoms. The van der Waals surface area contributed by atoms with Crippen molar-refractivity contribution in [3.63, 3.8) is 0 Å². The Morgan fingerprint density at radius 2 is 2.00 bits per heavy atom. The molecule has 0 radical (unpaired) electrons. The first-order valence-electron chi connectivity index (χ1n) is 7.86. The van der Waals surface area contributed by atoms with E-state index in [1.54, 1.807) is 22.6 Å². The van der Waals surface area contributed by atoms with E-state index in [0.717, 1.165) is 22.2 Å². The number of rotatable bonds is 2. The topological polar surface area (TPSA) is 43.6 Å². The lowest BCUT2D eigenvalue weighted by Crippen LogP contribution is -2.22. The third-order valence-electron chi connectivity index (χ3n) is 4.46. The van der Waals surface area contributed by atoms with Crippen molar-refractivity contribution in [2.24, 2.45) is 0 Å². The van der Waals surface area contributed by atoms with Gasteiger partial charge in [0.1, 0.15) is 5.75 Å². The van der Waals surface area contributed by atoms with Crippen LogP contribution in [0.3, 0.4) is 0 Å². The van der Waals surface area contributed by atoms with Gasteiger partial charge >= 0.3 is 0 Å². The Labute approximate surface area is 163 Å². The number of aromatic nitrogens is 2. The summed E-state index contributed by atoms with van der Waals surface area (Å²) < 4.78 is 7.55. The molecule has 0 fully saturated rings. The minimum atomic E-state index is -0.117. The van der Waals surface area contributed by atoms with Crippen LogP contribution < -0.4 is 14.8 Å². The Morgan fingerprint density at radius 1 is 1.23 bits per heavy atom. The summed E-state index contributed by atoms with van der Waals surface area (Å²) in [6, 6.07) is 7.27. The van der Waals surface area contributed by atoms with E-state index in [1.807, 2.05) is 26.0 Å². The fourth-order valence-electron chi connectivity index (χ4n) is 3.01. The van der Waals surface area contributed by atoms with Gasteiger partial charge in [-0.3, -0.25) is 4.79 Å². The molecule has 0 aliphatic carbocycles. The molecule has 132 valence electrons. The Bertz CT molecular complexity index is 1290. The summed E-state index contributed by atoms with van der Waals surface area (Å²) in [7, 11) is 1.53. The fourth-order valence-corrected chi connectivity index (χ4v) is 4.57. The highest BCUT2D eigenvalue weighted by molar-refractivity contribution is 7.15. The van der Waals surface area contributed by atoms with Crippen molar-refractivity contribution in [1.29, 1.82) is 0 Å². The molecule has 0 saturated heterocycles. The molecule has 4 aromatic rings. The van der Waals surface area contributed by atoms with Crippen molar-refractivity contribution in [2.75, 3.05) is 7.11 Å². The van der Waals surface area contributed by atoms with Crippen LogP contribution in [-0.4, -0.2) is 16.5 Å². The SMILES string of the molecule is COc1c(Cl)cc(Cl)cc1C=c1sc2nc3c(C)c(C)ccc3n2c1=O. The average molecular weight is 405 g/mol. The molecule has 26 heavy (non-hydrogen) atoms. The van der Waals surface area contributed by atoms with Crippen molar-refractivity contribution >= 4 is 56.6 Å². The van der Waals surface area contributed by atoms with Crippen LogP contribution in [0.2, 0.25) is 10.0 Å². The number of imidazole rings is 1. The van der Waals surface area contributed by atoms with Gasteiger partial charge in [-0.05, 0) is 49.2 Å². The maximum atomic E-state index is 13.0. The molecule has 4 rings (SSSR count). The molecule has 2 aromatic heterocycles. The number of thiazole rings is 1. The van der Waals surface area contributed by atoms with Gasteiger partial charge in [0.05, 0.1) is 27.7 Å². The number of methoxy groups -OCH3 is 1. The molecule has 0 N–H and O–H groups in total. The number of aryl methyl sites for hydroxylation is 2. The molecular formula is C19H14Cl2N2O2S. The largest absolute Gasteiger partial charge is 0.495 e. The van der Waals surface area contributed by atoms with Crippen molar-refractivity contribution in [1.82, 2.24) is 9.38 Å². The number of hydrogen-bond donors (Lipinski definition) is 0. The van der Waals surface area contributed by atoms with E-state index >= 15 is 0 Å². The molecule has 4 nitrogen and oxygen atoms in total. The fraction of sp³-hybridized carbons (Fsp3) is 0.158. The summed E-state index contributed by atoms with van der Waals surface area (Å²) in [4.78, 5) is 18.3. The molecule has 0 bridgehead atoms. The van der Waals surface area contributed by atoms with E-state index in [-0.39, 0.29) is 5.56 Å². The molecule has 0 spiro atoms. The van der Waals surface area contributed by atoms with Crippen LogP contribution >= 0.6 is 34.5 Å². The molecule has 0 atom stereocenters. The van der Waals surface area contributed by atoms with Crippen molar-refractivity contribution in [3.8, 4) is 5.75 Å². The molecule has 0 saturated carbocycles. The lowest BCUT2D eigenvalue weighted by Gasteiger charge is -2.07. The van der Waals surface area contributed by atoms with Crippen LogP contribution in [0.5, 0.6) is 5.75 Å². The quantitative estimate of drug-likeness (QED) is 0.497. The van der Waals surface area contributed by atoms with E-state index in [9.17, 15) is 4.79 Å². The van der Waals surface area contributed by atoms with Gasteiger partial charge in [-0.15, -0.1) is 0 Å². The molecule has 0 aliphatic rings. The zero-order valence-corrected chi connectivity index (χ0v) is 16.6. The van der Waals surface area contributed by atoms with Crippen LogP contribution in [-0.2, 0) is 0 Å². The Balaban J connectivity index is 2.03. The molecule has 0 unspecified atom stereocenters. The van der Waals surface area contributed by atoms with E-state index in [1.165, 1.54) is 18.4 Å². The van der Waals surface area contributed by atoms with Gasteiger partial charge in [-0.1, -0.05) is 40.6 Å². The van der Waals surface area contributed by atoms with Gasteiger partial charge in [0.2, 0.25) is 0 Å². The maximum Gasteiger partial charge on any atom is 0.274 e. The monoisotopic (exact) mass is 404 g/mol. The van der Waals surface area contributed by atoms with Crippen LogP contribution in [0.1, 0.15) is 16.7 Å². The number of hydrogen-bond acceptors (Lipinski definition) is 4. The predicted molar refractivity (Wildman–Crippen MR) is 108 cm³/mol. The first-order chi connectivity index (χ1) is 12.4. The number of halogens is 2. The molecule has 2 heterocycles. The molecule has 0 aliphatic heterocycles. The summed E-state index contributed by atoms with van der Waals surface area (Å²) in [5.74, 6) is 0.484. The zero-order valence-electron chi connectivity index (χ0n) is 14.3. The average Bonchev–Trinajstić information content (AvgIpc) is 3.09. The second kappa shape index (κ2) is 6.27. The molecule has 2 aromatic carbocycles. The zero-order chi connectivity index (χ0) is 18.6. The van der Waals surface area contributed by atoms with E-state index in [2.05, 4.69) is 4.98 Å². The summed E-state index contributed by atoms with van der Waals surface area (Å²) in [6.45, 7) is 4.06. The molecule has 0 amide bonds. The van der Waals surface area contributed by atoms with Gasteiger partial charge in [-0.25, -0.2) is 9.38 Å². The standard InChI is InChI=1S/C19H14Cl2N2O2S/c1-9-4-5-14-16(10(9)2)22-19-23(14)18(24)15(26-19)7-11-6-12(20)8-13(21)17(11)25-3/h4-8H,1-3H3. The third kappa shape index (κ3) is 2.58. The molecular weight excluding hydrogens is 391 g/mol. The minimum Gasteiger partial charge on any atom is -0.495 e. The third-order valence-corrected chi connectivity index (χ3v) is 5.93. The Hall–Kier alpha value is -2.08. The smallest absolute Gasteiger partial charge is 0.274 e. The maximum absolute atomic E-state index is 13.0. The van der Waals surface area contributed by atoms with Crippen LogP contribution in [0, 0.1) is 13.8 Å². The second-order valence-corrected chi connectivity index (χ2v) is 7.88. The normalized spacial score (nSPS) is 12.4. The van der Waals surface area contributed by atoms with E-state index in [0.29, 0.717) is 30.9 Å². The van der Waals surface area contributed by atoms with Crippen molar-refractivity contribution < 1.29 is 4.74 Å². The Morgan fingerprint density at radius 3 is 2.73 bits per heavy atom. The van der Waals surface area contributed by atoms with Crippen molar-refractivity contribution in [2.45, 2.75) is 13.8 Å². The van der Waals surface area contributed by atoms with Crippen LogP contribution in [0.25, 0.3) is 22.1 Å². The van der Waals surface area contributed by atoms with Gasteiger partial charge in [0.25, 0.3) is 5.56 Å². The predicted octanol–water partition coefficient (Wildman–Crippen LogP) is 4.39. The highest BCUT2D eigenvalue weighted by atomic mass is 35.5. The highest BCUT2D eigenvalue weighted by Crippen LogP contribution is 2.32. The number of fused-ring (bicyclic) bond motifs is 3. The minimum absolute atomic E-state index is 0.117. The first kappa shape index (κ1) is 17.3. The van der Waals surface area contributed by atoms with Gasteiger partial charge in [-0.2, -0.15) is 0 Å². The first-order valence-corrected chi connectivity index (χ1v) is 9.44. The van der Waals surface area contributed by atoms with E-state index < -0.39 is 0 Å². The van der Waals surface area contributed by atoms with Crippen LogP contribution in [0.4, 0.5) is 0 Å². The van der Waals surface area contributed by atoms with Gasteiger partial charge in [0.15, 0.2) is 4.96 Å². The summed E-state index contributed by atoms with van der Waals surface area (Å²) in [5, 5.41) is 0.879. The number of nitrogens with zero attached hydrogens (tertiary/aromatic N) is 2. The summed E-state index contributed by atoms with van der Waals surface area (Å²) >= 11 is 13.6. The van der Waals surface area contributed by atoms with Crippen LogP contribution in [0.15, 0.2) is 29.1 Å². The van der Waals surface area contributed by atoms with E-state index in [4.69, 9.17) is 27.9 Å². The van der Waals surface area contributed by atoms with Gasteiger partial charge < -0.3 is 4.74 Å². The second-order valence-electron chi connectivity index (χ2n) is 6.03. The Kier molecular flexibility index (Phi) is 4.18. The van der Waals surface area contributed by atoms with Gasteiger partial charge in [0, 0.05) is 10.6 Å². The number of ether oxygens (including phenoxy) is 1. The summed E-state index contributed by atoms with van der Waals surface area (Å²) in [6.07, 6.45) is 1.74. The summed E-state index contributed by atoms with van der Waals surface area (Å²) in [5.41, 5.74) is 4.47. The highest BCUT2D eigenvalue weighted by Gasteiger charge is 2.14. The lowest BCUT2D eigenvalue weighted by molar-refractivity contribution is 0.414. The lowest BCUT2D eigenvalue weighted by atomic mass is 10.1.